The predicted molar refractivity (Wildman–Crippen MR) is 123 cm³/mol. The van der Waals surface area contributed by atoms with Gasteiger partial charge >= 0.3 is 5.97 Å². The number of aliphatic carboxylic acids is 1. The Kier molecular flexibility index (Phi) is 5.85. The van der Waals surface area contributed by atoms with Crippen LogP contribution in [0.1, 0.15) is 80.8 Å². The van der Waals surface area contributed by atoms with E-state index in [1.54, 1.807) is 6.07 Å². The molecule has 0 amide bonds. The van der Waals surface area contributed by atoms with E-state index in [0.717, 1.165) is 16.9 Å². The van der Waals surface area contributed by atoms with Crippen molar-refractivity contribution in [2.45, 2.75) is 70.3 Å². The first kappa shape index (κ1) is 22.1. The minimum absolute atomic E-state index is 0.0476. The third-order valence-corrected chi connectivity index (χ3v) is 6.80. The number of ether oxygens (including phenoxy) is 1. The summed E-state index contributed by atoms with van der Waals surface area (Å²) < 4.78 is 11.0. The minimum atomic E-state index is -0.878. The summed E-state index contributed by atoms with van der Waals surface area (Å²) in [6.45, 7) is 9.80. The molecule has 0 radical (unpaired) electrons. The molecular formula is C27H31NO4. The summed E-state index contributed by atoms with van der Waals surface area (Å²) in [5, 5.41) is 13.2. The molecule has 0 spiro atoms. The molecule has 1 aromatic heterocycles. The van der Waals surface area contributed by atoms with Crippen molar-refractivity contribution in [3.05, 3.63) is 82.7 Å². The van der Waals surface area contributed by atoms with Crippen LogP contribution in [0.4, 0.5) is 0 Å². The van der Waals surface area contributed by atoms with E-state index in [1.165, 1.54) is 30.2 Å². The molecule has 0 bridgehead atoms. The van der Waals surface area contributed by atoms with Crippen LogP contribution in [0, 0.1) is 0 Å². The summed E-state index contributed by atoms with van der Waals surface area (Å²) in [6.07, 6.45) is 3.80. The minimum Gasteiger partial charge on any atom is -0.489 e. The van der Waals surface area contributed by atoms with E-state index in [-0.39, 0.29) is 23.2 Å². The molecular weight excluding hydrogens is 402 g/mol. The van der Waals surface area contributed by atoms with Crippen LogP contribution in [0.3, 0.4) is 0 Å². The third kappa shape index (κ3) is 4.57. The van der Waals surface area contributed by atoms with Crippen molar-refractivity contribution in [1.29, 1.82) is 0 Å². The maximum atomic E-state index is 11.3. The van der Waals surface area contributed by atoms with E-state index in [1.807, 2.05) is 24.3 Å². The maximum Gasteiger partial charge on any atom is 0.304 e. The summed E-state index contributed by atoms with van der Waals surface area (Å²) >= 11 is 0. The quantitative estimate of drug-likeness (QED) is 0.480. The fourth-order valence-electron chi connectivity index (χ4n) is 4.66. The van der Waals surface area contributed by atoms with Gasteiger partial charge in [0.1, 0.15) is 18.6 Å². The zero-order valence-corrected chi connectivity index (χ0v) is 19.2. The highest BCUT2D eigenvalue weighted by Crippen LogP contribution is 2.46. The molecule has 1 aliphatic carbocycles. The Morgan fingerprint density at radius 2 is 1.72 bits per heavy atom. The van der Waals surface area contributed by atoms with Crippen molar-refractivity contribution in [2.24, 2.45) is 0 Å². The van der Waals surface area contributed by atoms with E-state index in [2.05, 4.69) is 51.1 Å². The SMILES string of the molecule is CC1(C)CCC(C)(C)c2cc(COc3ccc([C@H](CC(=O)O)c4ccon4)cc3)ccc21. The number of aromatic nitrogens is 1. The molecule has 5 nitrogen and oxygen atoms in total. The van der Waals surface area contributed by atoms with Crippen molar-refractivity contribution in [3.8, 4) is 5.75 Å². The number of nitrogens with zero attached hydrogens (tertiary/aromatic N) is 1. The van der Waals surface area contributed by atoms with Crippen molar-refractivity contribution in [1.82, 2.24) is 5.16 Å². The summed E-state index contributed by atoms with van der Waals surface area (Å²) in [7, 11) is 0. The summed E-state index contributed by atoms with van der Waals surface area (Å²) in [4.78, 5) is 11.3. The lowest BCUT2D eigenvalue weighted by molar-refractivity contribution is -0.137. The average molecular weight is 434 g/mol. The molecule has 2 aromatic carbocycles. The molecule has 0 saturated carbocycles. The Morgan fingerprint density at radius 1 is 1.03 bits per heavy atom. The van der Waals surface area contributed by atoms with E-state index in [9.17, 15) is 9.90 Å². The molecule has 1 atom stereocenters. The van der Waals surface area contributed by atoms with E-state index < -0.39 is 5.97 Å². The van der Waals surface area contributed by atoms with Crippen molar-refractivity contribution >= 4 is 5.97 Å². The van der Waals surface area contributed by atoms with Gasteiger partial charge in [0, 0.05) is 12.0 Å². The first-order chi connectivity index (χ1) is 15.2. The van der Waals surface area contributed by atoms with Crippen LogP contribution in [0.15, 0.2) is 59.3 Å². The number of carboxylic acids is 1. The fraction of sp³-hybridized carbons (Fsp3) is 0.407. The Bertz CT molecular complexity index is 1080. The highest BCUT2D eigenvalue weighted by Gasteiger charge is 2.36. The molecule has 1 heterocycles. The molecule has 1 aliphatic rings. The second-order valence-electron chi connectivity index (χ2n) is 10.1. The molecule has 0 aliphatic heterocycles. The molecule has 0 saturated heterocycles. The van der Waals surface area contributed by atoms with Gasteiger partial charge in [0.2, 0.25) is 0 Å². The van der Waals surface area contributed by atoms with Gasteiger partial charge in [0.05, 0.1) is 12.1 Å². The first-order valence-electron chi connectivity index (χ1n) is 11.1. The largest absolute Gasteiger partial charge is 0.489 e. The topological polar surface area (TPSA) is 72.6 Å². The highest BCUT2D eigenvalue weighted by atomic mass is 16.5. The van der Waals surface area contributed by atoms with Gasteiger partial charge in [-0.05, 0) is 58.1 Å². The van der Waals surface area contributed by atoms with Gasteiger partial charge in [-0.1, -0.05) is 63.2 Å². The van der Waals surface area contributed by atoms with Gasteiger partial charge in [-0.15, -0.1) is 0 Å². The van der Waals surface area contributed by atoms with Crippen molar-refractivity contribution in [3.63, 3.8) is 0 Å². The lowest BCUT2D eigenvalue weighted by Crippen LogP contribution is -2.33. The maximum absolute atomic E-state index is 11.3. The molecule has 0 unspecified atom stereocenters. The van der Waals surface area contributed by atoms with Crippen LogP contribution in [0.25, 0.3) is 0 Å². The molecule has 3 aromatic rings. The van der Waals surface area contributed by atoms with Gasteiger partial charge in [-0.2, -0.15) is 0 Å². The van der Waals surface area contributed by atoms with Crippen LogP contribution >= 0.6 is 0 Å². The Balaban J connectivity index is 1.49. The normalized spacial score (nSPS) is 17.4. The predicted octanol–water partition coefficient (Wildman–Crippen LogP) is 6.21. The zero-order valence-electron chi connectivity index (χ0n) is 19.2. The van der Waals surface area contributed by atoms with Crippen molar-refractivity contribution < 1.29 is 19.2 Å². The number of hydrogen-bond acceptors (Lipinski definition) is 4. The molecule has 1 N–H and O–H groups in total. The summed E-state index contributed by atoms with van der Waals surface area (Å²) in [5.74, 6) is -0.483. The Labute approximate surface area is 189 Å². The fourth-order valence-corrected chi connectivity index (χ4v) is 4.66. The number of rotatable bonds is 7. The number of hydrogen-bond donors (Lipinski definition) is 1. The molecule has 5 heteroatoms. The Morgan fingerprint density at radius 3 is 2.34 bits per heavy atom. The summed E-state index contributed by atoms with van der Waals surface area (Å²) in [5.41, 5.74) is 5.88. The summed E-state index contributed by atoms with van der Waals surface area (Å²) in [6, 6.07) is 16.0. The number of fused-ring (bicyclic) bond motifs is 1. The third-order valence-electron chi connectivity index (χ3n) is 6.80. The molecule has 168 valence electrons. The highest BCUT2D eigenvalue weighted by molar-refractivity contribution is 5.68. The smallest absolute Gasteiger partial charge is 0.304 e. The molecule has 32 heavy (non-hydrogen) atoms. The van der Waals surface area contributed by atoms with Crippen LogP contribution in [0.5, 0.6) is 5.75 Å². The van der Waals surface area contributed by atoms with Gasteiger partial charge in [-0.3, -0.25) is 4.79 Å². The Hall–Kier alpha value is -3.08. The van der Waals surface area contributed by atoms with Gasteiger partial charge in [0.15, 0.2) is 0 Å². The van der Waals surface area contributed by atoms with E-state index in [4.69, 9.17) is 9.26 Å². The standard InChI is InChI=1S/C27H31NO4/c1-26(2)12-13-27(3,4)23-15-18(5-10-22(23)26)17-31-20-8-6-19(7-9-20)21(16-25(29)30)24-11-14-32-28-24/h5-11,14-15,21H,12-13,16-17H2,1-4H3,(H,29,30)/t21-/m0/s1. The average Bonchev–Trinajstić information content (AvgIpc) is 3.29. The number of carbonyl (C=O) groups is 1. The molecule has 0 fully saturated rings. The van der Waals surface area contributed by atoms with Crippen LogP contribution < -0.4 is 4.74 Å². The zero-order chi connectivity index (χ0) is 22.9. The first-order valence-corrected chi connectivity index (χ1v) is 11.1. The van der Waals surface area contributed by atoms with Gasteiger partial charge in [-0.25, -0.2) is 0 Å². The number of benzene rings is 2. The monoisotopic (exact) mass is 433 g/mol. The lowest BCUT2D eigenvalue weighted by Gasteiger charge is -2.42. The van der Waals surface area contributed by atoms with Gasteiger partial charge < -0.3 is 14.4 Å². The van der Waals surface area contributed by atoms with E-state index >= 15 is 0 Å². The number of carboxylic acid groups (broad SMARTS) is 1. The van der Waals surface area contributed by atoms with Crippen molar-refractivity contribution in [2.75, 3.05) is 0 Å². The van der Waals surface area contributed by atoms with Crippen LogP contribution in [0.2, 0.25) is 0 Å². The van der Waals surface area contributed by atoms with Crippen LogP contribution in [-0.4, -0.2) is 16.2 Å². The van der Waals surface area contributed by atoms with Gasteiger partial charge in [0.25, 0.3) is 0 Å². The van der Waals surface area contributed by atoms with Crippen LogP contribution in [-0.2, 0) is 22.2 Å². The van der Waals surface area contributed by atoms with E-state index in [0.29, 0.717) is 12.3 Å². The second kappa shape index (κ2) is 8.45. The molecule has 4 rings (SSSR count). The lowest BCUT2D eigenvalue weighted by atomic mass is 9.63. The second-order valence-corrected chi connectivity index (χ2v) is 10.1.